The molecule has 0 atom stereocenters. The van der Waals surface area contributed by atoms with Gasteiger partial charge in [0.2, 0.25) is 0 Å². The fourth-order valence-corrected chi connectivity index (χ4v) is 1.54. The van der Waals surface area contributed by atoms with E-state index in [4.69, 9.17) is 5.73 Å². The van der Waals surface area contributed by atoms with Gasteiger partial charge in [-0.2, -0.15) is 0 Å². The van der Waals surface area contributed by atoms with Crippen molar-refractivity contribution in [2.24, 2.45) is 5.73 Å². The van der Waals surface area contributed by atoms with Crippen LogP contribution in [0.3, 0.4) is 0 Å². The highest BCUT2D eigenvalue weighted by atomic mass is 14.5. The van der Waals surface area contributed by atoms with Crippen molar-refractivity contribution >= 4 is 6.08 Å². The van der Waals surface area contributed by atoms with Crippen molar-refractivity contribution in [3.05, 3.63) is 77.4 Å². The highest BCUT2D eigenvalue weighted by Crippen LogP contribution is 2.03. The molecule has 2 aromatic rings. The van der Waals surface area contributed by atoms with Gasteiger partial charge in [0, 0.05) is 6.54 Å². The van der Waals surface area contributed by atoms with Crippen LogP contribution in [0.2, 0.25) is 0 Å². The zero-order valence-corrected chi connectivity index (χ0v) is 11.2. The first-order valence-corrected chi connectivity index (χ1v) is 6.10. The molecule has 0 fully saturated rings. The molecule has 1 nitrogen and oxygen atoms in total. The average Bonchev–Trinajstić information content (AvgIpc) is 2.40. The Kier molecular flexibility index (Phi) is 11.3. The number of rotatable bonds is 2. The van der Waals surface area contributed by atoms with Crippen molar-refractivity contribution in [2.45, 2.75) is 35.2 Å². The average molecular weight is 271 g/mol. The summed E-state index contributed by atoms with van der Waals surface area (Å²) < 4.78 is 0. The molecule has 0 amide bonds. The Morgan fingerprint density at radius 2 is 1.55 bits per heavy atom. The molecule has 0 aromatic heterocycles. The maximum atomic E-state index is 5.42. The minimum atomic E-state index is 0. The summed E-state index contributed by atoms with van der Waals surface area (Å²) in [5, 5.41) is 0. The van der Waals surface area contributed by atoms with Gasteiger partial charge >= 0.3 is 0 Å². The van der Waals surface area contributed by atoms with Crippen LogP contribution in [0.5, 0.6) is 0 Å². The van der Waals surface area contributed by atoms with E-state index in [1.807, 2.05) is 18.2 Å². The van der Waals surface area contributed by atoms with Crippen LogP contribution in [0, 0.1) is 13.8 Å². The van der Waals surface area contributed by atoms with Crippen LogP contribution in [0.15, 0.2) is 55.1 Å². The van der Waals surface area contributed by atoms with Crippen LogP contribution in [-0.2, 0) is 6.54 Å². The van der Waals surface area contributed by atoms with Crippen LogP contribution in [0.4, 0.5) is 0 Å². The third-order valence-corrected chi connectivity index (χ3v) is 2.63. The molecule has 0 heterocycles. The van der Waals surface area contributed by atoms with Gasteiger partial charge in [-0.05, 0) is 25.0 Å². The fraction of sp³-hybridized carbons (Fsp3) is 0.263. The molecule has 0 aliphatic heterocycles. The van der Waals surface area contributed by atoms with E-state index in [2.05, 4.69) is 56.8 Å². The molecule has 110 valence electrons. The van der Waals surface area contributed by atoms with Crippen LogP contribution < -0.4 is 5.73 Å². The number of aryl methyl sites for hydroxylation is 2. The van der Waals surface area contributed by atoms with E-state index >= 15 is 0 Å². The molecule has 0 saturated carbocycles. The third kappa shape index (κ3) is 7.55. The highest BCUT2D eigenvalue weighted by Gasteiger charge is 1.86. The maximum Gasteiger partial charge on any atom is 0.0178 e. The Labute approximate surface area is 125 Å². The highest BCUT2D eigenvalue weighted by molar-refractivity contribution is 5.46. The summed E-state index contributed by atoms with van der Waals surface area (Å²) in [7, 11) is 0. The van der Waals surface area contributed by atoms with Crippen molar-refractivity contribution in [3.63, 3.8) is 0 Å². The molecular weight excluding hydrogens is 242 g/mol. The van der Waals surface area contributed by atoms with Gasteiger partial charge in [-0.25, -0.2) is 0 Å². The van der Waals surface area contributed by atoms with Gasteiger partial charge in [0.05, 0.1) is 0 Å². The van der Waals surface area contributed by atoms with Crippen LogP contribution in [0.25, 0.3) is 6.08 Å². The van der Waals surface area contributed by atoms with Crippen molar-refractivity contribution < 1.29 is 0 Å². The quantitative estimate of drug-likeness (QED) is 0.781. The molecule has 0 unspecified atom stereocenters. The molecule has 0 aliphatic carbocycles. The van der Waals surface area contributed by atoms with E-state index in [1.54, 1.807) is 0 Å². The second kappa shape index (κ2) is 11.0. The molecule has 0 spiro atoms. The lowest BCUT2D eigenvalue weighted by atomic mass is 10.1. The summed E-state index contributed by atoms with van der Waals surface area (Å²) >= 11 is 0. The number of hydrogen-bond donors (Lipinski definition) is 1. The minimum absolute atomic E-state index is 0. The first kappa shape index (κ1) is 20.5. The smallest absolute Gasteiger partial charge is 0.0178 e. The molecule has 0 saturated heterocycles. The van der Waals surface area contributed by atoms with E-state index < -0.39 is 0 Å². The lowest BCUT2D eigenvalue weighted by Crippen LogP contribution is -1.95. The van der Waals surface area contributed by atoms with Crippen LogP contribution in [0.1, 0.15) is 37.1 Å². The first-order chi connectivity index (χ1) is 8.65. The zero-order valence-electron chi connectivity index (χ0n) is 11.2. The van der Waals surface area contributed by atoms with Gasteiger partial charge in [0.1, 0.15) is 0 Å². The topological polar surface area (TPSA) is 26.0 Å². The predicted octanol–water partition coefficient (Wildman–Crippen LogP) is 5.36. The Balaban J connectivity index is 0. The maximum absolute atomic E-state index is 5.42. The lowest BCUT2D eigenvalue weighted by molar-refractivity contribution is 1.07. The van der Waals surface area contributed by atoms with Gasteiger partial charge in [-0.1, -0.05) is 87.2 Å². The molecule has 1 heteroatoms. The molecule has 2 aromatic carbocycles. The van der Waals surface area contributed by atoms with Gasteiger partial charge in [-0.3, -0.25) is 0 Å². The molecule has 0 bridgehead atoms. The first-order valence-electron chi connectivity index (χ1n) is 6.10. The standard InChI is InChI=1S/C9H10.C8H11N.2CH4/c1-3-9-6-4-8(2)5-7-9;1-7-3-2-4-8(5-7)6-9;;/h3-7H,1H2,2H3;2-5H,6,9H2,1H3;2*1H4. The summed E-state index contributed by atoms with van der Waals surface area (Å²) in [5.41, 5.74) is 10.4. The fourth-order valence-electron chi connectivity index (χ4n) is 1.54. The van der Waals surface area contributed by atoms with Crippen LogP contribution in [-0.4, -0.2) is 0 Å². The number of benzene rings is 2. The number of hydrogen-bond acceptors (Lipinski definition) is 1. The van der Waals surface area contributed by atoms with E-state index in [0.717, 1.165) is 0 Å². The lowest BCUT2D eigenvalue weighted by Gasteiger charge is -1.95. The second-order valence-corrected chi connectivity index (χ2v) is 4.31. The Hall–Kier alpha value is -1.86. The monoisotopic (exact) mass is 271 g/mol. The normalized spacial score (nSPS) is 8.35. The molecular formula is C19H29N. The van der Waals surface area contributed by atoms with E-state index in [0.29, 0.717) is 6.54 Å². The van der Waals surface area contributed by atoms with Crippen molar-refractivity contribution in [3.8, 4) is 0 Å². The van der Waals surface area contributed by atoms with Crippen molar-refractivity contribution in [2.75, 3.05) is 0 Å². The summed E-state index contributed by atoms with van der Waals surface area (Å²) in [4.78, 5) is 0. The van der Waals surface area contributed by atoms with E-state index in [1.165, 1.54) is 22.3 Å². The molecule has 0 aliphatic rings. The van der Waals surface area contributed by atoms with Crippen LogP contribution >= 0.6 is 0 Å². The summed E-state index contributed by atoms with van der Waals surface area (Å²) in [6.45, 7) is 8.45. The Morgan fingerprint density at radius 1 is 0.950 bits per heavy atom. The summed E-state index contributed by atoms with van der Waals surface area (Å²) in [5.74, 6) is 0. The molecule has 2 N–H and O–H groups in total. The van der Waals surface area contributed by atoms with Crippen molar-refractivity contribution in [1.29, 1.82) is 0 Å². The predicted molar refractivity (Wildman–Crippen MR) is 93.8 cm³/mol. The second-order valence-electron chi connectivity index (χ2n) is 4.31. The Morgan fingerprint density at radius 3 is 1.95 bits per heavy atom. The number of nitrogens with two attached hydrogens (primary N) is 1. The molecule has 0 radical (unpaired) electrons. The minimum Gasteiger partial charge on any atom is -0.326 e. The van der Waals surface area contributed by atoms with E-state index in [-0.39, 0.29) is 14.9 Å². The zero-order chi connectivity index (χ0) is 13.4. The SMILES string of the molecule is C.C.C=Cc1ccc(C)cc1.Cc1cccc(CN)c1. The molecule has 2 rings (SSSR count). The molecule has 20 heavy (non-hydrogen) atoms. The Bertz CT molecular complexity index is 483. The third-order valence-electron chi connectivity index (χ3n) is 2.63. The van der Waals surface area contributed by atoms with Crippen molar-refractivity contribution in [1.82, 2.24) is 0 Å². The van der Waals surface area contributed by atoms with Gasteiger partial charge in [0.15, 0.2) is 0 Å². The van der Waals surface area contributed by atoms with Gasteiger partial charge in [0.25, 0.3) is 0 Å². The van der Waals surface area contributed by atoms with Gasteiger partial charge < -0.3 is 5.73 Å². The largest absolute Gasteiger partial charge is 0.326 e. The van der Waals surface area contributed by atoms with E-state index in [9.17, 15) is 0 Å². The summed E-state index contributed by atoms with van der Waals surface area (Å²) in [6, 6.07) is 16.5. The van der Waals surface area contributed by atoms with Gasteiger partial charge in [-0.15, -0.1) is 0 Å². The summed E-state index contributed by atoms with van der Waals surface area (Å²) in [6.07, 6.45) is 1.85.